The molecule has 3 unspecified atom stereocenters. The summed E-state index contributed by atoms with van der Waals surface area (Å²) in [7, 11) is 1.87. The maximum Gasteiger partial charge on any atom is 0.191 e. The van der Waals surface area contributed by atoms with Crippen LogP contribution in [0.2, 0.25) is 0 Å². The van der Waals surface area contributed by atoms with E-state index in [1.807, 2.05) is 18.4 Å². The van der Waals surface area contributed by atoms with Crippen molar-refractivity contribution in [2.24, 2.45) is 10.9 Å². The average molecular weight is 394 g/mol. The number of aliphatic imine (C=N–C) groups is 1. The van der Waals surface area contributed by atoms with Gasteiger partial charge in [0.1, 0.15) is 0 Å². The second-order valence-electron chi connectivity index (χ2n) is 7.91. The molecule has 1 aromatic rings. The van der Waals surface area contributed by atoms with E-state index in [1.165, 1.54) is 4.88 Å². The topological polar surface area (TPSA) is 52.1 Å². The van der Waals surface area contributed by atoms with Crippen LogP contribution in [0.25, 0.3) is 0 Å². The SMILES string of the molecule is CN=C(NCC(c1cccs1)N1CCOCC1)NC1CN(C(C)C)CC1C. The Balaban J connectivity index is 1.58. The number of nitrogens with one attached hydrogen (secondary N) is 2. The van der Waals surface area contributed by atoms with Crippen molar-refractivity contribution in [3.8, 4) is 0 Å². The molecule has 2 aliphatic rings. The number of guanidine groups is 1. The highest BCUT2D eigenvalue weighted by atomic mass is 32.1. The third kappa shape index (κ3) is 5.44. The van der Waals surface area contributed by atoms with E-state index in [-0.39, 0.29) is 0 Å². The van der Waals surface area contributed by atoms with E-state index < -0.39 is 0 Å². The summed E-state index contributed by atoms with van der Waals surface area (Å²) in [5.74, 6) is 1.53. The normalized spacial score (nSPS) is 26.5. The number of rotatable bonds is 6. The minimum Gasteiger partial charge on any atom is -0.379 e. The number of thiophene rings is 1. The molecule has 0 bridgehead atoms. The van der Waals surface area contributed by atoms with Crippen LogP contribution in [0.3, 0.4) is 0 Å². The van der Waals surface area contributed by atoms with Gasteiger partial charge in [-0.2, -0.15) is 0 Å². The van der Waals surface area contributed by atoms with Gasteiger partial charge in [-0.25, -0.2) is 0 Å². The molecule has 2 aliphatic heterocycles. The molecule has 2 fully saturated rings. The van der Waals surface area contributed by atoms with Crippen molar-refractivity contribution in [1.29, 1.82) is 0 Å². The van der Waals surface area contributed by atoms with E-state index in [4.69, 9.17) is 4.74 Å². The van der Waals surface area contributed by atoms with Gasteiger partial charge in [0, 0.05) is 56.7 Å². The van der Waals surface area contributed by atoms with Gasteiger partial charge in [0.2, 0.25) is 0 Å². The number of hydrogen-bond acceptors (Lipinski definition) is 5. The smallest absolute Gasteiger partial charge is 0.191 e. The van der Waals surface area contributed by atoms with Crippen LogP contribution >= 0.6 is 11.3 Å². The molecule has 6 nitrogen and oxygen atoms in total. The summed E-state index contributed by atoms with van der Waals surface area (Å²) in [6, 6.07) is 5.78. The molecule has 2 saturated heterocycles. The van der Waals surface area contributed by atoms with E-state index >= 15 is 0 Å². The molecule has 3 heterocycles. The molecule has 7 heteroatoms. The van der Waals surface area contributed by atoms with Crippen LogP contribution in [0.4, 0.5) is 0 Å². The van der Waals surface area contributed by atoms with Crippen molar-refractivity contribution >= 4 is 17.3 Å². The van der Waals surface area contributed by atoms with Gasteiger partial charge in [0.15, 0.2) is 5.96 Å². The summed E-state index contributed by atoms with van der Waals surface area (Å²) >= 11 is 1.83. The zero-order valence-electron chi connectivity index (χ0n) is 17.1. The third-order valence-corrected chi connectivity index (χ3v) is 6.71. The highest BCUT2D eigenvalue weighted by Crippen LogP contribution is 2.25. The van der Waals surface area contributed by atoms with Gasteiger partial charge in [-0.3, -0.25) is 14.8 Å². The first kappa shape index (κ1) is 20.6. The van der Waals surface area contributed by atoms with Crippen molar-refractivity contribution in [3.63, 3.8) is 0 Å². The maximum absolute atomic E-state index is 5.54. The zero-order valence-corrected chi connectivity index (χ0v) is 18.0. The molecule has 0 aliphatic carbocycles. The summed E-state index contributed by atoms with van der Waals surface area (Å²) in [4.78, 5) is 11.0. The van der Waals surface area contributed by atoms with Gasteiger partial charge in [0.25, 0.3) is 0 Å². The lowest BCUT2D eigenvalue weighted by Gasteiger charge is -2.34. The fourth-order valence-electron chi connectivity index (χ4n) is 3.96. The minimum atomic E-state index is 0.362. The molecular weight excluding hydrogens is 358 g/mol. The molecule has 0 spiro atoms. The summed E-state index contributed by atoms with van der Waals surface area (Å²) in [5.41, 5.74) is 0. The molecular formula is C20H35N5OS. The monoisotopic (exact) mass is 393 g/mol. The molecule has 27 heavy (non-hydrogen) atoms. The second kappa shape index (κ2) is 9.87. The number of ether oxygens (including phenoxy) is 1. The Bertz CT molecular complexity index is 585. The van der Waals surface area contributed by atoms with Crippen LogP contribution < -0.4 is 10.6 Å². The van der Waals surface area contributed by atoms with E-state index in [1.54, 1.807) is 0 Å². The first-order chi connectivity index (χ1) is 13.1. The molecule has 3 atom stereocenters. The highest BCUT2D eigenvalue weighted by molar-refractivity contribution is 7.10. The maximum atomic E-state index is 5.54. The Morgan fingerprint density at radius 1 is 1.30 bits per heavy atom. The van der Waals surface area contributed by atoms with Crippen LogP contribution in [0, 0.1) is 5.92 Å². The summed E-state index contributed by atoms with van der Waals surface area (Å²) in [6.45, 7) is 13.6. The predicted octanol–water partition coefficient (Wildman–Crippen LogP) is 2.02. The molecule has 2 N–H and O–H groups in total. The standard InChI is InChI=1S/C20H35N5OS/c1-15(2)25-13-16(3)17(14-25)23-20(21-4)22-12-18(19-6-5-11-27-19)24-7-9-26-10-8-24/h5-6,11,15-18H,7-10,12-14H2,1-4H3,(H2,21,22,23). The Hall–Kier alpha value is -1.15. The van der Waals surface area contributed by atoms with Crippen LogP contribution in [-0.4, -0.2) is 80.8 Å². The molecule has 152 valence electrons. The fourth-order valence-corrected chi connectivity index (χ4v) is 4.82. The number of morpholine rings is 1. The molecule has 3 rings (SSSR count). The van der Waals surface area contributed by atoms with Gasteiger partial charge >= 0.3 is 0 Å². The van der Waals surface area contributed by atoms with Crippen LogP contribution in [0.15, 0.2) is 22.5 Å². The number of hydrogen-bond donors (Lipinski definition) is 2. The van der Waals surface area contributed by atoms with Crippen molar-refractivity contribution in [3.05, 3.63) is 22.4 Å². The van der Waals surface area contributed by atoms with Crippen LogP contribution in [0.1, 0.15) is 31.7 Å². The van der Waals surface area contributed by atoms with Crippen molar-refractivity contribution < 1.29 is 4.74 Å². The Morgan fingerprint density at radius 3 is 2.67 bits per heavy atom. The first-order valence-electron chi connectivity index (χ1n) is 10.1. The Morgan fingerprint density at radius 2 is 2.07 bits per heavy atom. The molecule has 0 radical (unpaired) electrons. The van der Waals surface area contributed by atoms with E-state index in [9.17, 15) is 0 Å². The minimum absolute atomic E-state index is 0.362. The van der Waals surface area contributed by atoms with Crippen LogP contribution in [0.5, 0.6) is 0 Å². The summed E-state index contributed by atoms with van der Waals surface area (Å²) < 4.78 is 5.54. The molecule has 0 saturated carbocycles. The lowest BCUT2D eigenvalue weighted by Crippen LogP contribution is -2.50. The quantitative estimate of drug-likeness (QED) is 0.572. The van der Waals surface area contributed by atoms with Gasteiger partial charge in [-0.05, 0) is 31.2 Å². The lowest BCUT2D eigenvalue weighted by molar-refractivity contribution is 0.0177. The highest BCUT2D eigenvalue weighted by Gasteiger charge is 2.31. The van der Waals surface area contributed by atoms with Gasteiger partial charge in [-0.1, -0.05) is 13.0 Å². The van der Waals surface area contributed by atoms with Crippen LogP contribution in [-0.2, 0) is 4.74 Å². The third-order valence-electron chi connectivity index (χ3n) is 5.74. The molecule has 0 aromatic carbocycles. The molecule has 0 amide bonds. The van der Waals surface area contributed by atoms with Gasteiger partial charge in [-0.15, -0.1) is 11.3 Å². The largest absolute Gasteiger partial charge is 0.379 e. The van der Waals surface area contributed by atoms with Crippen molar-refractivity contribution in [1.82, 2.24) is 20.4 Å². The zero-order chi connectivity index (χ0) is 19.2. The van der Waals surface area contributed by atoms with Gasteiger partial charge in [0.05, 0.1) is 19.3 Å². The number of nitrogens with zero attached hydrogens (tertiary/aromatic N) is 3. The summed E-state index contributed by atoms with van der Waals surface area (Å²) in [6.07, 6.45) is 0. The first-order valence-corrected chi connectivity index (χ1v) is 11.0. The van der Waals surface area contributed by atoms with Crippen molar-refractivity contribution in [2.75, 3.05) is 53.0 Å². The fraction of sp³-hybridized carbons (Fsp3) is 0.750. The average Bonchev–Trinajstić information content (AvgIpc) is 3.32. The second-order valence-corrected chi connectivity index (χ2v) is 8.89. The van der Waals surface area contributed by atoms with Gasteiger partial charge < -0.3 is 15.4 Å². The molecule has 1 aromatic heterocycles. The Kier molecular flexibility index (Phi) is 7.52. The lowest BCUT2D eigenvalue weighted by atomic mass is 10.1. The van der Waals surface area contributed by atoms with E-state index in [2.05, 4.69) is 63.7 Å². The number of likely N-dealkylation sites (tertiary alicyclic amines) is 1. The summed E-state index contributed by atoms with van der Waals surface area (Å²) in [5, 5.41) is 9.42. The van der Waals surface area contributed by atoms with Crippen molar-refractivity contribution in [2.45, 2.75) is 38.9 Å². The van der Waals surface area contributed by atoms with E-state index in [0.29, 0.717) is 24.0 Å². The Labute approximate surface area is 168 Å². The predicted molar refractivity (Wildman–Crippen MR) is 114 cm³/mol. The van der Waals surface area contributed by atoms with E-state index in [0.717, 1.165) is 51.9 Å².